The fraction of sp³-hybridized carbons (Fsp3) is 0.500. The Balaban J connectivity index is 3.08. The molecular weight excluding hydrogens is 174 g/mol. The fourth-order valence-corrected chi connectivity index (χ4v) is 1.53. The van der Waals surface area contributed by atoms with E-state index in [9.17, 15) is 5.11 Å². The van der Waals surface area contributed by atoms with E-state index in [1.54, 1.807) is 0 Å². The van der Waals surface area contributed by atoms with Crippen molar-refractivity contribution in [1.82, 2.24) is 0 Å². The van der Waals surface area contributed by atoms with Crippen molar-refractivity contribution in [3.8, 4) is 0 Å². The second-order valence-electron chi connectivity index (χ2n) is 4.58. The van der Waals surface area contributed by atoms with Crippen LogP contribution in [0.1, 0.15) is 36.6 Å². The predicted molar refractivity (Wildman–Crippen MR) is 59.1 cm³/mol. The zero-order valence-electron chi connectivity index (χ0n) is 9.33. The third-order valence-electron chi connectivity index (χ3n) is 2.42. The first-order valence-corrected chi connectivity index (χ1v) is 4.86. The SMILES string of the molecule is Cc1ccc(C(O)C(C)(C)N)c(C)c1. The Bertz CT molecular complexity index is 326. The van der Waals surface area contributed by atoms with E-state index in [-0.39, 0.29) is 0 Å². The van der Waals surface area contributed by atoms with Crippen molar-refractivity contribution in [1.29, 1.82) is 0 Å². The Hall–Kier alpha value is -0.860. The topological polar surface area (TPSA) is 46.2 Å². The summed E-state index contributed by atoms with van der Waals surface area (Å²) in [5, 5.41) is 10.0. The summed E-state index contributed by atoms with van der Waals surface area (Å²) in [4.78, 5) is 0. The molecule has 0 fully saturated rings. The summed E-state index contributed by atoms with van der Waals surface area (Å²) < 4.78 is 0. The Morgan fingerprint density at radius 1 is 1.29 bits per heavy atom. The van der Waals surface area contributed by atoms with Gasteiger partial charge in [-0.15, -0.1) is 0 Å². The minimum Gasteiger partial charge on any atom is -0.386 e. The molecule has 1 aromatic rings. The summed E-state index contributed by atoms with van der Waals surface area (Å²) >= 11 is 0. The molecule has 0 bridgehead atoms. The molecule has 0 aliphatic rings. The van der Waals surface area contributed by atoms with Crippen LogP contribution in [0.15, 0.2) is 18.2 Å². The van der Waals surface area contributed by atoms with E-state index in [2.05, 4.69) is 6.07 Å². The standard InChI is InChI=1S/C12H19NO/c1-8-5-6-10(9(2)7-8)11(14)12(3,4)13/h5-7,11,14H,13H2,1-4H3. The molecule has 0 radical (unpaired) electrons. The lowest BCUT2D eigenvalue weighted by Gasteiger charge is -2.27. The smallest absolute Gasteiger partial charge is 0.0966 e. The fourth-order valence-electron chi connectivity index (χ4n) is 1.53. The monoisotopic (exact) mass is 193 g/mol. The first kappa shape index (κ1) is 11.2. The maximum absolute atomic E-state index is 10.0. The Morgan fingerprint density at radius 2 is 1.86 bits per heavy atom. The number of aliphatic hydroxyl groups excluding tert-OH is 1. The van der Waals surface area contributed by atoms with Crippen LogP contribution in [0, 0.1) is 13.8 Å². The van der Waals surface area contributed by atoms with Gasteiger partial charge in [0, 0.05) is 5.54 Å². The van der Waals surface area contributed by atoms with Crippen molar-refractivity contribution in [2.75, 3.05) is 0 Å². The number of nitrogens with two attached hydrogens (primary N) is 1. The molecule has 0 aliphatic carbocycles. The van der Waals surface area contributed by atoms with Crippen LogP contribution in [-0.2, 0) is 0 Å². The first-order valence-electron chi connectivity index (χ1n) is 4.86. The van der Waals surface area contributed by atoms with E-state index in [0.717, 1.165) is 11.1 Å². The molecule has 14 heavy (non-hydrogen) atoms. The maximum Gasteiger partial charge on any atom is 0.0966 e. The normalized spacial score (nSPS) is 14.1. The number of hydrogen-bond acceptors (Lipinski definition) is 2. The molecule has 0 saturated heterocycles. The van der Waals surface area contributed by atoms with Crippen molar-refractivity contribution in [3.05, 3.63) is 34.9 Å². The van der Waals surface area contributed by atoms with Gasteiger partial charge in [0.2, 0.25) is 0 Å². The van der Waals surface area contributed by atoms with E-state index in [4.69, 9.17) is 5.73 Å². The lowest BCUT2D eigenvalue weighted by molar-refractivity contribution is 0.104. The van der Waals surface area contributed by atoms with Gasteiger partial charge in [-0.3, -0.25) is 0 Å². The predicted octanol–water partition coefficient (Wildman–Crippen LogP) is 2.07. The van der Waals surface area contributed by atoms with Gasteiger partial charge in [0.1, 0.15) is 0 Å². The highest BCUT2D eigenvalue weighted by atomic mass is 16.3. The Kier molecular flexibility index (Phi) is 2.98. The summed E-state index contributed by atoms with van der Waals surface area (Å²) in [6, 6.07) is 6.01. The van der Waals surface area contributed by atoms with E-state index in [0.29, 0.717) is 0 Å². The molecule has 78 valence electrons. The minimum absolute atomic E-state index is 0.597. The van der Waals surface area contributed by atoms with E-state index >= 15 is 0 Å². The van der Waals surface area contributed by atoms with Gasteiger partial charge in [-0.05, 0) is 38.8 Å². The number of aryl methyl sites for hydroxylation is 2. The van der Waals surface area contributed by atoms with Gasteiger partial charge in [-0.25, -0.2) is 0 Å². The Labute approximate surface area is 85.8 Å². The summed E-state index contributed by atoms with van der Waals surface area (Å²) in [6.07, 6.45) is -0.608. The van der Waals surface area contributed by atoms with Crippen molar-refractivity contribution >= 4 is 0 Å². The maximum atomic E-state index is 10.0. The third kappa shape index (κ3) is 2.34. The molecule has 0 saturated carbocycles. The molecule has 1 unspecified atom stereocenters. The van der Waals surface area contributed by atoms with Crippen molar-refractivity contribution < 1.29 is 5.11 Å². The second-order valence-corrected chi connectivity index (χ2v) is 4.58. The molecule has 1 atom stereocenters. The zero-order chi connectivity index (χ0) is 10.9. The minimum atomic E-state index is -0.608. The van der Waals surface area contributed by atoms with E-state index in [1.165, 1.54) is 5.56 Å². The van der Waals surface area contributed by atoms with Gasteiger partial charge in [0.15, 0.2) is 0 Å². The molecule has 3 N–H and O–H groups in total. The molecule has 1 rings (SSSR count). The summed E-state index contributed by atoms with van der Waals surface area (Å²) in [6.45, 7) is 7.70. The largest absolute Gasteiger partial charge is 0.386 e. The van der Waals surface area contributed by atoms with Gasteiger partial charge < -0.3 is 10.8 Å². The first-order chi connectivity index (χ1) is 6.32. The number of hydrogen-bond donors (Lipinski definition) is 2. The summed E-state index contributed by atoms with van der Waals surface area (Å²) in [5.74, 6) is 0. The molecule has 0 heterocycles. The van der Waals surface area contributed by atoms with Crippen molar-refractivity contribution in [3.63, 3.8) is 0 Å². The molecule has 0 amide bonds. The van der Waals surface area contributed by atoms with Crippen LogP contribution >= 0.6 is 0 Å². The number of rotatable bonds is 2. The van der Waals surface area contributed by atoms with Crippen LogP contribution in [0.25, 0.3) is 0 Å². The van der Waals surface area contributed by atoms with E-state index in [1.807, 2.05) is 39.8 Å². The lowest BCUT2D eigenvalue weighted by atomic mass is 9.89. The second kappa shape index (κ2) is 3.71. The molecule has 2 nitrogen and oxygen atoms in total. The van der Waals surface area contributed by atoms with Crippen LogP contribution < -0.4 is 5.73 Å². The van der Waals surface area contributed by atoms with Gasteiger partial charge in [0.25, 0.3) is 0 Å². The average molecular weight is 193 g/mol. The molecule has 2 heteroatoms. The Morgan fingerprint density at radius 3 is 2.29 bits per heavy atom. The third-order valence-corrected chi connectivity index (χ3v) is 2.42. The van der Waals surface area contributed by atoms with Gasteiger partial charge in [-0.2, -0.15) is 0 Å². The van der Waals surface area contributed by atoms with Gasteiger partial charge >= 0.3 is 0 Å². The van der Waals surface area contributed by atoms with Crippen molar-refractivity contribution in [2.45, 2.75) is 39.3 Å². The quantitative estimate of drug-likeness (QED) is 0.755. The number of aliphatic hydroxyl groups is 1. The summed E-state index contributed by atoms with van der Waals surface area (Å²) in [7, 11) is 0. The van der Waals surface area contributed by atoms with Crippen LogP contribution in [0.4, 0.5) is 0 Å². The van der Waals surface area contributed by atoms with E-state index < -0.39 is 11.6 Å². The number of benzene rings is 1. The lowest BCUT2D eigenvalue weighted by Crippen LogP contribution is -2.39. The van der Waals surface area contributed by atoms with Crippen LogP contribution in [0.2, 0.25) is 0 Å². The molecular formula is C12H19NO. The highest BCUT2D eigenvalue weighted by Crippen LogP contribution is 2.26. The molecule has 0 aliphatic heterocycles. The van der Waals surface area contributed by atoms with Crippen molar-refractivity contribution in [2.24, 2.45) is 5.73 Å². The van der Waals surface area contributed by atoms with Gasteiger partial charge in [0.05, 0.1) is 6.10 Å². The molecule has 0 aromatic heterocycles. The highest BCUT2D eigenvalue weighted by molar-refractivity contribution is 5.33. The highest BCUT2D eigenvalue weighted by Gasteiger charge is 2.25. The van der Waals surface area contributed by atoms with Crippen LogP contribution in [0.3, 0.4) is 0 Å². The van der Waals surface area contributed by atoms with Gasteiger partial charge in [-0.1, -0.05) is 23.8 Å². The van der Waals surface area contributed by atoms with Crippen LogP contribution in [-0.4, -0.2) is 10.6 Å². The average Bonchev–Trinajstić information content (AvgIpc) is 2.01. The molecule has 1 aromatic carbocycles. The molecule has 0 spiro atoms. The zero-order valence-corrected chi connectivity index (χ0v) is 9.33. The van der Waals surface area contributed by atoms with Crippen LogP contribution in [0.5, 0.6) is 0 Å². The summed E-state index contributed by atoms with van der Waals surface area (Å²) in [5.41, 5.74) is 8.49.